The number of aromatic amines is 1. The zero-order valence-corrected chi connectivity index (χ0v) is 34.1. The van der Waals surface area contributed by atoms with Gasteiger partial charge in [-0.25, -0.2) is 9.97 Å². The fourth-order valence-electron chi connectivity index (χ4n) is 4.33. The molecule has 0 spiro atoms. The number of benzene rings is 2. The van der Waals surface area contributed by atoms with Crippen molar-refractivity contribution in [3.05, 3.63) is 83.8 Å². The number of pyridine rings is 1. The number of imidazole rings is 1. The summed E-state index contributed by atoms with van der Waals surface area (Å²) in [6.07, 6.45) is -6.17. The molecule has 0 unspecified atom stereocenters. The van der Waals surface area contributed by atoms with E-state index >= 15 is 0 Å². The fourth-order valence-corrected chi connectivity index (χ4v) is 4.33. The number of hydrogen-bond donors (Lipinski definition) is 2. The van der Waals surface area contributed by atoms with Crippen LogP contribution >= 0.6 is 0 Å². The topological polar surface area (TPSA) is 151 Å². The minimum atomic E-state index is -4.69. The van der Waals surface area contributed by atoms with Crippen LogP contribution < -0.4 is 153 Å². The molecule has 0 amide bonds. The number of carbonyl (C=O) groups excluding carboxylic acids is 2. The van der Waals surface area contributed by atoms with Crippen LogP contribution in [0.1, 0.15) is 46.9 Å². The number of para-hydroxylation sites is 2. The van der Waals surface area contributed by atoms with Crippen LogP contribution in [0.5, 0.6) is 11.6 Å². The molecule has 2 atom stereocenters. The first kappa shape index (κ1) is 35.8. The molecule has 2 aromatic carbocycles. The average Bonchev–Trinajstić information content (AvgIpc) is 3.49. The van der Waals surface area contributed by atoms with E-state index in [-0.39, 0.29) is 168 Å². The summed E-state index contributed by atoms with van der Waals surface area (Å²) < 4.78 is 45.6. The number of aliphatic hydroxyl groups is 1. The number of fused-ring (bicyclic) bond motifs is 1. The molecule has 1 aliphatic carbocycles. The SMILES string of the molecule is O=C([O-])[O-].O=C(c1ccc(Oc2ncccc2[C@H]2CC[C@@](O)(C(F)(F)F)C2)cc1)c1nc2ccccc2[nH]1.[Cs+].[Cs+]. The Morgan fingerprint density at radius 2 is 1.68 bits per heavy atom. The maximum absolute atomic E-state index is 13.2. The molecule has 4 aromatic rings. The van der Waals surface area contributed by atoms with E-state index in [1.54, 1.807) is 36.4 Å². The van der Waals surface area contributed by atoms with Gasteiger partial charge in [0.25, 0.3) is 0 Å². The average molecular weight is 793 g/mol. The molecule has 1 fully saturated rings. The van der Waals surface area contributed by atoms with Crippen LogP contribution in [-0.2, 0) is 0 Å². The molecule has 0 aliphatic heterocycles. The van der Waals surface area contributed by atoms with Gasteiger partial charge in [-0.2, -0.15) is 13.2 Å². The van der Waals surface area contributed by atoms with Gasteiger partial charge >= 0.3 is 144 Å². The first-order valence-corrected chi connectivity index (χ1v) is 11.4. The second-order valence-corrected chi connectivity index (χ2v) is 8.67. The molecule has 0 saturated heterocycles. The van der Waals surface area contributed by atoms with Crippen molar-refractivity contribution in [3.8, 4) is 11.6 Å². The minimum Gasteiger partial charge on any atom is -0.652 e. The number of nitrogens with zero attached hydrogens (tertiary/aromatic N) is 2. The predicted octanol–water partition coefficient (Wildman–Crippen LogP) is -2.90. The number of rotatable bonds is 5. The van der Waals surface area contributed by atoms with E-state index in [0.29, 0.717) is 22.4 Å². The Labute approximate surface area is 344 Å². The minimum absolute atomic E-state index is 0. The van der Waals surface area contributed by atoms with Gasteiger partial charge in [0.2, 0.25) is 11.7 Å². The number of alkyl halides is 3. The molecule has 1 aliphatic rings. The quantitative estimate of drug-likeness (QED) is 0.205. The third-order valence-corrected chi connectivity index (χ3v) is 6.19. The predicted molar refractivity (Wildman–Crippen MR) is 123 cm³/mol. The molecular formula is C26H20Cs2F3N3O6. The third kappa shape index (κ3) is 8.84. The second kappa shape index (κ2) is 15.4. The van der Waals surface area contributed by atoms with E-state index in [1.165, 1.54) is 6.20 Å². The number of hydrogen-bond acceptors (Lipinski definition) is 8. The Morgan fingerprint density at radius 1 is 1.02 bits per heavy atom. The van der Waals surface area contributed by atoms with Gasteiger partial charge < -0.3 is 29.8 Å². The van der Waals surface area contributed by atoms with E-state index in [0.717, 1.165) is 5.52 Å². The van der Waals surface area contributed by atoms with Crippen LogP contribution in [0.25, 0.3) is 11.0 Å². The molecule has 40 heavy (non-hydrogen) atoms. The number of H-pyrrole nitrogens is 1. The molecule has 198 valence electrons. The summed E-state index contributed by atoms with van der Waals surface area (Å²) in [6, 6.07) is 17.0. The van der Waals surface area contributed by atoms with Gasteiger partial charge in [-0.15, -0.1) is 0 Å². The summed E-state index contributed by atoms with van der Waals surface area (Å²) in [5, 5.41) is 26.7. The van der Waals surface area contributed by atoms with Crippen molar-refractivity contribution < 1.29 is 181 Å². The summed E-state index contributed by atoms with van der Waals surface area (Å²) in [5.41, 5.74) is -0.344. The van der Waals surface area contributed by atoms with Gasteiger partial charge in [0.1, 0.15) is 5.75 Å². The molecule has 5 rings (SSSR count). The molecule has 2 heterocycles. The van der Waals surface area contributed by atoms with E-state index in [9.17, 15) is 23.1 Å². The normalized spacial score (nSPS) is 18.1. The zero-order chi connectivity index (χ0) is 27.5. The summed E-state index contributed by atoms with van der Waals surface area (Å²) in [4.78, 5) is 32.6. The van der Waals surface area contributed by atoms with Crippen LogP contribution in [0.4, 0.5) is 18.0 Å². The Bertz CT molecular complexity index is 1430. The van der Waals surface area contributed by atoms with Crippen molar-refractivity contribution in [1.82, 2.24) is 15.0 Å². The largest absolute Gasteiger partial charge is 1.00 e. The van der Waals surface area contributed by atoms with Crippen LogP contribution in [0.3, 0.4) is 0 Å². The molecule has 0 bridgehead atoms. The van der Waals surface area contributed by atoms with Gasteiger partial charge in [0.15, 0.2) is 11.4 Å². The van der Waals surface area contributed by atoms with Crippen molar-refractivity contribution in [2.24, 2.45) is 0 Å². The van der Waals surface area contributed by atoms with Crippen molar-refractivity contribution >= 4 is 23.0 Å². The zero-order valence-electron chi connectivity index (χ0n) is 21.6. The summed E-state index contributed by atoms with van der Waals surface area (Å²) in [7, 11) is 0. The molecule has 14 heteroatoms. The Morgan fingerprint density at radius 3 is 2.27 bits per heavy atom. The Kier molecular flexibility index (Phi) is 13.8. The summed E-state index contributed by atoms with van der Waals surface area (Å²) in [6.45, 7) is 0. The Hall–Kier alpha value is -0.346. The van der Waals surface area contributed by atoms with E-state index in [1.807, 2.05) is 24.3 Å². The van der Waals surface area contributed by atoms with E-state index in [2.05, 4.69) is 15.0 Å². The number of ketones is 1. The third-order valence-electron chi connectivity index (χ3n) is 6.19. The first-order chi connectivity index (χ1) is 18.0. The standard InChI is InChI=1S/C25H20F3N3O3.CH2O3.2Cs/c26-25(27,28)24(33)12-11-16(14-24)18-4-3-13-29-23(18)34-17-9-7-15(8-10-17)21(32)22-30-19-5-1-2-6-20(19)31-22;2-1(3)4;;/h1-10,13,16,33H,11-12,14H2,(H,30,31);(H2,2,3,4);;/q;;2*+1/p-2/t16-,24-;;;/m0.../s1. The molecule has 2 N–H and O–H groups in total. The maximum Gasteiger partial charge on any atom is 1.00 e. The van der Waals surface area contributed by atoms with Crippen LogP contribution in [0.2, 0.25) is 0 Å². The van der Waals surface area contributed by atoms with E-state index < -0.39 is 30.3 Å². The monoisotopic (exact) mass is 793 g/mol. The number of nitrogens with one attached hydrogen (secondary N) is 1. The molecular weight excluding hydrogens is 773 g/mol. The number of aromatic nitrogens is 3. The summed E-state index contributed by atoms with van der Waals surface area (Å²) >= 11 is 0. The van der Waals surface area contributed by atoms with Gasteiger partial charge in [0, 0.05) is 17.3 Å². The molecule has 9 nitrogen and oxygen atoms in total. The molecule has 1 saturated carbocycles. The molecule has 0 radical (unpaired) electrons. The van der Waals surface area contributed by atoms with Crippen molar-refractivity contribution in [3.63, 3.8) is 0 Å². The second-order valence-electron chi connectivity index (χ2n) is 8.67. The van der Waals surface area contributed by atoms with Crippen molar-refractivity contribution in [1.29, 1.82) is 0 Å². The van der Waals surface area contributed by atoms with Crippen LogP contribution in [-0.4, -0.2) is 43.8 Å². The fraction of sp³-hybridized carbons (Fsp3) is 0.231. The van der Waals surface area contributed by atoms with Crippen LogP contribution in [0, 0.1) is 0 Å². The van der Waals surface area contributed by atoms with Crippen LogP contribution in [0.15, 0.2) is 66.9 Å². The van der Waals surface area contributed by atoms with Crippen molar-refractivity contribution in [2.75, 3.05) is 0 Å². The first-order valence-electron chi connectivity index (χ1n) is 11.4. The van der Waals surface area contributed by atoms with Gasteiger partial charge in [-0.05, 0) is 73.8 Å². The number of halogens is 3. The van der Waals surface area contributed by atoms with Gasteiger partial charge in [-0.1, -0.05) is 18.2 Å². The van der Waals surface area contributed by atoms with Gasteiger partial charge in [0.05, 0.1) is 11.0 Å². The van der Waals surface area contributed by atoms with Gasteiger partial charge in [-0.3, -0.25) is 4.79 Å². The maximum atomic E-state index is 13.2. The van der Waals surface area contributed by atoms with Crippen molar-refractivity contribution in [2.45, 2.75) is 37.0 Å². The number of carboxylic acid groups (broad SMARTS) is 2. The summed E-state index contributed by atoms with van der Waals surface area (Å²) in [5.74, 6) is -0.0383. The Balaban J connectivity index is 0.000000877. The number of ether oxygens (including phenoxy) is 1. The molecule has 2 aromatic heterocycles. The number of carbonyl (C=O) groups is 2. The van der Waals surface area contributed by atoms with E-state index in [4.69, 9.17) is 19.7 Å². The smallest absolute Gasteiger partial charge is 0.652 e.